The first kappa shape index (κ1) is 11.2. The lowest BCUT2D eigenvalue weighted by Gasteiger charge is -2.24. The van der Waals surface area contributed by atoms with Gasteiger partial charge >= 0.3 is 0 Å². The molecular formula is C9H15F2NO3. The molecule has 2 rings (SSSR count). The average molecular weight is 223 g/mol. The molecule has 2 fully saturated rings. The molecule has 0 saturated carbocycles. The summed E-state index contributed by atoms with van der Waals surface area (Å²) in [5.41, 5.74) is 0. The van der Waals surface area contributed by atoms with Crippen LogP contribution in [0.1, 0.15) is 13.8 Å². The quantitative estimate of drug-likeness (QED) is 0.652. The van der Waals surface area contributed by atoms with Gasteiger partial charge in [-0.15, -0.1) is 0 Å². The topological polar surface area (TPSA) is 50.7 Å². The van der Waals surface area contributed by atoms with E-state index >= 15 is 0 Å². The summed E-state index contributed by atoms with van der Waals surface area (Å²) < 4.78 is 36.5. The van der Waals surface area contributed by atoms with Crippen molar-refractivity contribution in [1.29, 1.82) is 0 Å². The number of rotatable bonds is 2. The Balaban J connectivity index is 2.12. The predicted molar refractivity (Wildman–Crippen MR) is 47.6 cm³/mol. The van der Waals surface area contributed by atoms with Crippen LogP contribution in [0.25, 0.3) is 0 Å². The van der Waals surface area contributed by atoms with E-state index in [9.17, 15) is 13.9 Å². The molecule has 0 aromatic rings. The number of hydrogen-bond acceptors (Lipinski definition) is 4. The molecule has 2 aliphatic heterocycles. The fourth-order valence-electron chi connectivity index (χ4n) is 2.12. The van der Waals surface area contributed by atoms with Crippen molar-refractivity contribution >= 4 is 0 Å². The van der Waals surface area contributed by atoms with Crippen molar-refractivity contribution in [2.24, 2.45) is 0 Å². The van der Waals surface area contributed by atoms with E-state index < -0.39 is 43.1 Å². The third-order valence-corrected chi connectivity index (χ3v) is 2.73. The SMILES string of the molecule is CC1(C)O[C@H]2[C@@H]([C@H](O)CF)NC(F)[C@H]2O1. The molecule has 0 aromatic carbocycles. The second-order valence-electron chi connectivity index (χ2n) is 4.38. The van der Waals surface area contributed by atoms with E-state index in [4.69, 9.17) is 9.47 Å². The highest BCUT2D eigenvalue weighted by atomic mass is 19.1. The summed E-state index contributed by atoms with van der Waals surface area (Å²) in [6.07, 6.45) is -4.11. The van der Waals surface area contributed by atoms with Crippen molar-refractivity contribution in [2.45, 2.75) is 50.3 Å². The van der Waals surface area contributed by atoms with E-state index in [0.717, 1.165) is 0 Å². The summed E-state index contributed by atoms with van der Waals surface area (Å²) in [4.78, 5) is 0. The second kappa shape index (κ2) is 3.62. The lowest BCUT2D eigenvalue weighted by Crippen LogP contribution is -2.46. The average Bonchev–Trinajstić information content (AvgIpc) is 2.61. The van der Waals surface area contributed by atoms with E-state index in [1.807, 2.05) is 0 Å². The normalized spacial score (nSPS) is 45.4. The van der Waals surface area contributed by atoms with Crippen molar-refractivity contribution in [1.82, 2.24) is 5.32 Å². The summed E-state index contributed by atoms with van der Waals surface area (Å²) in [5, 5.41) is 11.8. The van der Waals surface area contributed by atoms with Crippen LogP contribution >= 0.6 is 0 Å². The van der Waals surface area contributed by atoms with Gasteiger partial charge in [-0.3, -0.25) is 5.32 Å². The Morgan fingerprint density at radius 3 is 2.60 bits per heavy atom. The van der Waals surface area contributed by atoms with Crippen LogP contribution in [-0.2, 0) is 9.47 Å². The van der Waals surface area contributed by atoms with E-state index in [2.05, 4.69) is 5.32 Å². The van der Waals surface area contributed by atoms with Gasteiger partial charge in [-0.05, 0) is 13.8 Å². The summed E-state index contributed by atoms with van der Waals surface area (Å²) in [5.74, 6) is -0.879. The highest BCUT2D eigenvalue weighted by Crippen LogP contribution is 2.36. The summed E-state index contributed by atoms with van der Waals surface area (Å²) >= 11 is 0. The van der Waals surface area contributed by atoms with Crippen molar-refractivity contribution in [2.75, 3.05) is 6.67 Å². The standard InChI is InChI=1S/C9H15F2NO3/c1-9(2)14-6-5(4(13)3-10)12-8(11)7(6)15-9/h4-8,12-13H,3H2,1-2H3/t4-,5-,6+,7+,8?/m1/s1. The van der Waals surface area contributed by atoms with Gasteiger partial charge in [-0.25, -0.2) is 8.78 Å². The molecule has 4 nitrogen and oxygen atoms in total. The van der Waals surface area contributed by atoms with Crippen LogP contribution in [0.4, 0.5) is 8.78 Å². The monoisotopic (exact) mass is 223 g/mol. The first-order valence-corrected chi connectivity index (χ1v) is 4.94. The maximum atomic E-state index is 13.4. The molecule has 2 saturated heterocycles. The van der Waals surface area contributed by atoms with E-state index in [0.29, 0.717) is 0 Å². The smallest absolute Gasteiger partial charge is 0.180 e. The minimum atomic E-state index is -1.43. The Kier molecular flexibility index (Phi) is 2.70. The van der Waals surface area contributed by atoms with Crippen molar-refractivity contribution in [3.8, 4) is 0 Å². The Bertz CT molecular complexity index is 252. The summed E-state index contributed by atoms with van der Waals surface area (Å²) in [7, 11) is 0. The van der Waals surface area contributed by atoms with Crippen LogP contribution in [0, 0.1) is 0 Å². The summed E-state index contributed by atoms with van der Waals surface area (Å²) in [6.45, 7) is 2.39. The zero-order valence-corrected chi connectivity index (χ0v) is 8.61. The van der Waals surface area contributed by atoms with E-state index in [1.165, 1.54) is 0 Å². The molecule has 0 radical (unpaired) electrons. The molecule has 2 N–H and O–H groups in total. The number of halogens is 2. The van der Waals surface area contributed by atoms with Crippen LogP contribution in [0.2, 0.25) is 0 Å². The lowest BCUT2D eigenvalue weighted by molar-refractivity contribution is -0.165. The molecule has 0 spiro atoms. The van der Waals surface area contributed by atoms with Crippen molar-refractivity contribution < 1.29 is 23.4 Å². The molecule has 0 bridgehead atoms. The number of fused-ring (bicyclic) bond motifs is 1. The summed E-state index contributed by atoms with van der Waals surface area (Å²) in [6, 6.07) is -0.753. The van der Waals surface area contributed by atoms with Gasteiger partial charge in [-0.2, -0.15) is 0 Å². The highest BCUT2D eigenvalue weighted by Gasteiger charge is 2.56. The predicted octanol–water partition coefficient (Wildman–Crippen LogP) is 0.104. The first-order valence-electron chi connectivity index (χ1n) is 4.94. The number of aliphatic hydroxyl groups excluding tert-OH is 1. The number of ether oxygens (including phenoxy) is 2. The molecule has 1 unspecified atom stereocenters. The molecule has 5 atom stereocenters. The molecule has 0 amide bonds. The molecule has 6 heteroatoms. The number of nitrogens with one attached hydrogen (secondary N) is 1. The van der Waals surface area contributed by atoms with Crippen LogP contribution < -0.4 is 5.32 Å². The maximum absolute atomic E-state index is 13.4. The third-order valence-electron chi connectivity index (χ3n) is 2.73. The number of hydrogen-bond donors (Lipinski definition) is 2. The molecule has 0 aromatic heterocycles. The highest BCUT2D eigenvalue weighted by molar-refractivity contribution is 5.03. The molecule has 15 heavy (non-hydrogen) atoms. The number of aliphatic hydroxyl groups is 1. The number of alkyl halides is 2. The largest absolute Gasteiger partial charge is 0.389 e. The van der Waals surface area contributed by atoms with Crippen LogP contribution in [0.15, 0.2) is 0 Å². The molecule has 0 aliphatic carbocycles. The van der Waals surface area contributed by atoms with Gasteiger partial charge in [0.05, 0.1) is 6.04 Å². The Labute approximate surface area is 86.5 Å². The fourth-order valence-corrected chi connectivity index (χ4v) is 2.12. The fraction of sp³-hybridized carbons (Fsp3) is 1.00. The van der Waals surface area contributed by atoms with Gasteiger partial charge in [0.2, 0.25) is 0 Å². The van der Waals surface area contributed by atoms with Gasteiger partial charge < -0.3 is 14.6 Å². The Morgan fingerprint density at radius 2 is 2.00 bits per heavy atom. The Hall–Kier alpha value is -0.300. The van der Waals surface area contributed by atoms with Gasteiger partial charge in [0, 0.05) is 0 Å². The van der Waals surface area contributed by atoms with E-state index in [-0.39, 0.29) is 0 Å². The van der Waals surface area contributed by atoms with Gasteiger partial charge in [0.25, 0.3) is 0 Å². The molecule has 2 aliphatic rings. The van der Waals surface area contributed by atoms with E-state index in [1.54, 1.807) is 13.8 Å². The zero-order valence-electron chi connectivity index (χ0n) is 8.61. The van der Waals surface area contributed by atoms with Crippen molar-refractivity contribution in [3.63, 3.8) is 0 Å². The maximum Gasteiger partial charge on any atom is 0.180 e. The molecular weight excluding hydrogens is 208 g/mol. The molecule has 2 heterocycles. The van der Waals surface area contributed by atoms with Crippen molar-refractivity contribution in [3.05, 3.63) is 0 Å². The second-order valence-corrected chi connectivity index (χ2v) is 4.38. The van der Waals surface area contributed by atoms with Crippen LogP contribution in [0.5, 0.6) is 0 Å². The van der Waals surface area contributed by atoms with Gasteiger partial charge in [-0.1, -0.05) is 0 Å². The van der Waals surface area contributed by atoms with Crippen LogP contribution in [0.3, 0.4) is 0 Å². The third kappa shape index (κ3) is 1.87. The zero-order chi connectivity index (χ0) is 11.2. The molecule has 88 valence electrons. The Morgan fingerprint density at radius 1 is 1.40 bits per heavy atom. The van der Waals surface area contributed by atoms with Crippen LogP contribution in [-0.4, -0.2) is 48.2 Å². The first-order chi connectivity index (χ1) is 6.94. The van der Waals surface area contributed by atoms with Gasteiger partial charge in [0.15, 0.2) is 12.1 Å². The lowest BCUT2D eigenvalue weighted by atomic mass is 10.1. The minimum Gasteiger partial charge on any atom is -0.389 e. The van der Waals surface area contributed by atoms with Gasteiger partial charge in [0.1, 0.15) is 25.0 Å². The minimum absolute atomic E-state index is 0.638.